The highest BCUT2D eigenvalue weighted by Crippen LogP contribution is 2.44. The van der Waals surface area contributed by atoms with Crippen molar-refractivity contribution in [2.45, 2.75) is 97.1 Å². The lowest BCUT2D eigenvalue weighted by molar-refractivity contribution is -0.137. The highest BCUT2D eigenvalue weighted by Gasteiger charge is 2.49. The van der Waals surface area contributed by atoms with Crippen molar-refractivity contribution in [2.24, 2.45) is 5.41 Å². The number of benzene rings is 5. The number of rotatable bonds is 20. The van der Waals surface area contributed by atoms with E-state index in [4.69, 9.17) is 16.3 Å². The molecular formula is C69H77ClF3N9O10S3. The summed E-state index contributed by atoms with van der Waals surface area (Å²) in [6.45, 7) is 12.8. The number of piperazine rings is 2. The first kappa shape index (κ1) is 69.1. The van der Waals surface area contributed by atoms with Gasteiger partial charge in [-0.3, -0.25) is 39.1 Å². The number of imide groups is 1. The Morgan fingerprint density at radius 3 is 2.28 bits per heavy atom. The zero-order chi connectivity index (χ0) is 67.1. The van der Waals surface area contributed by atoms with Crippen LogP contribution in [0.15, 0.2) is 136 Å². The molecule has 5 aromatic rings. The first-order valence-electron chi connectivity index (χ1n) is 32.1. The maximum absolute atomic E-state index is 14.4. The van der Waals surface area contributed by atoms with E-state index < -0.39 is 64.7 Å². The number of thioether (sulfide) groups is 1. The molecule has 4 fully saturated rings. The van der Waals surface area contributed by atoms with Gasteiger partial charge in [0.25, 0.3) is 31.7 Å². The Morgan fingerprint density at radius 1 is 0.821 bits per heavy atom. The van der Waals surface area contributed by atoms with Gasteiger partial charge in [-0.15, -0.1) is 11.8 Å². The number of ether oxygens (including phenoxy) is 1. The molecule has 5 aliphatic heterocycles. The van der Waals surface area contributed by atoms with Gasteiger partial charge < -0.3 is 29.7 Å². The van der Waals surface area contributed by atoms with Crippen LogP contribution in [0.1, 0.15) is 95.7 Å². The van der Waals surface area contributed by atoms with Gasteiger partial charge in [-0.05, 0) is 146 Å². The number of halogens is 4. The van der Waals surface area contributed by atoms with Crippen molar-refractivity contribution < 1.29 is 58.7 Å². The summed E-state index contributed by atoms with van der Waals surface area (Å²) in [4.78, 5) is 75.8. The fourth-order valence-corrected chi connectivity index (χ4v) is 16.5. The van der Waals surface area contributed by atoms with Crippen molar-refractivity contribution in [2.75, 3.05) is 114 Å². The van der Waals surface area contributed by atoms with Gasteiger partial charge in [-0.1, -0.05) is 66.3 Å². The van der Waals surface area contributed by atoms with Crippen LogP contribution in [0.4, 0.5) is 24.5 Å². The number of sulfonamides is 1. The zero-order valence-corrected chi connectivity index (χ0v) is 56.0. The average molecular weight is 1380 g/mol. The number of carbonyl (C=O) groups excluding carboxylic acids is 5. The number of carbonyl (C=O) groups is 5. The molecule has 0 radical (unpaired) electrons. The molecule has 1 unspecified atom stereocenters. The van der Waals surface area contributed by atoms with Gasteiger partial charge in [0.15, 0.2) is 0 Å². The van der Waals surface area contributed by atoms with Crippen LogP contribution >= 0.6 is 23.4 Å². The van der Waals surface area contributed by atoms with Crippen LogP contribution in [-0.4, -0.2) is 193 Å². The van der Waals surface area contributed by atoms with Crippen molar-refractivity contribution in [3.8, 4) is 11.8 Å². The number of alkyl halides is 3. The minimum Gasteiger partial charge on any atom is -0.380 e. The third-order valence-corrected chi connectivity index (χ3v) is 22.9. The van der Waals surface area contributed by atoms with Crippen molar-refractivity contribution in [3.05, 3.63) is 154 Å². The van der Waals surface area contributed by atoms with Crippen LogP contribution in [-0.2, 0) is 45.5 Å². The summed E-state index contributed by atoms with van der Waals surface area (Å²) < 4.78 is 105. The van der Waals surface area contributed by atoms with E-state index in [0.29, 0.717) is 86.9 Å². The number of allylic oxidation sites excluding steroid dienone is 1. The second-order valence-corrected chi connectivity index (χ2v) is 30.5. The lowest BCUT2D eigenvalue weighted by Gasteiger charge is -2.44. The number of fused-ring (bicyclic) bond motifs is 1. The molecule has 5 amide bonds. The predicted octanol–water partition coefficient (Wildman–Crippen LogP) is 8.55. The minimum absolute atomic E-state index is 0.0362. The molecule has 0 spiro atoms. The van der Waals surface area contributed by atoms with Crippen LogP contribution in [0.3, 0.4) is 0 Å². The van der Waals surface area contributed by atoms with Crippen molar-refractivity contribution in [3.63, 3.8) is 0 Å². The lowest BCUT2D eigenvalue weighted by Crippen LogP contribution is -2.52. The van der Waals surface area contributed by atoms with E-state index in [1.165, 1.54) is 39.9 Å². The highest BCUT2D eigenvalue weighted by molar-refractivity contribution is 7.99. The monoisotopic (exact) mass is 1380 g/mol. The molecule has 0 saturated carbocycles. The summed E-state index contributed by atoms with van der Waals surface area (Å²) in [6.07, 6.45) is 4.49. The number of nitrogens with zero attached hydrogens (tertiary/aromatic N) is 6. The van der Waals surface area contributed by atoms with E-state index in [0.717, 1.165) is 105 Å². The topological polar surface area (TPSA) is 218 Å². The summed E-state index contributed by atoms with van der Waals surface area (Å²) in [7, 11) is -11.0. The largest absolute Gasteiger partial charge is 0.501 e. The minimum atomic E-state index is -6.11. The van der Waals surface area contributed by atoms with E-state index in [9.17, 15) is 54.0 Å². The zero-order valence-electron chi connectivity index (χ0n) is 52.8. The predicted molar refractivity (Wildman–Crippen MR) is 358 cm³/mol. The van der Waals surface area contributed by atoms with Crippen LogP contribution in [0.2, 0.25) is 5.02 Å². The molecule has 3 atom stereocenters. The van der Waals surface area contributed by atoms with Gasteiger partial charge in [0.1, 0.15) is 10.9 Å². The standard InChI is InChI=1S/C69H77ClF3N9O10S3/c1-68(47-79-32-36-81(37-33-79)64(84)10-5-7-48-11-21-59-51(41-48)45-82(67(59)87)61-23-24-63(83)75-66(61)86)27-25-58(49-12-16-53(70)17-13-49)52(43-68)44-78-30-34-80(35-31-78)55-18-14-50(15-19-55)65(85)76-95(90,91)57-20-22-60(62(42-57)94(88,89)69(71,72)73)74-54(46-93-56-8-3-2-4-9-56)26-29-77-28-6-39-92-40-38-77/h2-4,8-9,11-22,41-42,54,61,74H,6,10,23-40,43-47H2,1H3,(H,76,85)(H,75,83,86)/t54-,61?,68-/m1/s1. The first-order valence-corrected chi connectivity index (χ1v) is 36.4. The summed E-state index contributed by atoms with van der Waals surface area (Å²) in [5.41, 5.74) is 0.286. The van der Waals surface area contributed by atoms with E-state index in [1.807, 2.05) is 58.2 Å². The molecule has 26 heteroatoms. The van der Waals surface area contributed by atoms with Gasteiger partial charge >= 0.3 is 5.51 Å². The molecular weight excluding hydrogens is 1300 g/mol. The summed E-state index contributed by atoms with van der Waals surface area (Å²) in [6, 6.07) is 30.2. The number of sulfone groups is 1. The molecule has 5 aromatic carbocycles. The van der Waals surface area contributed by atoms with Crippen molar-refractivity contribution in [1.82, 2.24) is 34.5 Å². The molecule has 11 rings (SSSR count). The number of anilines is 2. The Morgan fingerprint density at radius 2 is 1.56 bits per heavy atom. The van der Waals surface area contributed by atoms with Crippen LogP contribution < -0.4 is 20.3 Å². The molecule has 5 heterocycles. The smallest absolute Gasteiger partial charge is 0.380 e. The molecule has 95 heavy (non-hydrogen) atoms. The number of amides is 5. The maximum Gasteiger partial charge on any atom is 0.501 e. The quantitative estimate of drug-likeness (QED) is 0.0378. The first-order chi connectivity index (χ1) is 45.5. The van der Waals surface area contributed by atoms with E-state index in [2.05, 4.69) is 61.1 Å². The van der Waals surface area contributed by atoms with Crippen molar-refractivity contribution in [1.29, 1.82) is 0 Å². The van der Waals surface area contributed by atoms with Gasteiger partial charge in [0, 0.05) is 149 Å². The normalized spacial score (nSPS) is 20.7. The fourth-order valence-electron chi connectivity index (χ4n) is 13.4. The SMILES string of the molecule is C[C@@]1(CN2CCN(C(=O)CC#Cc3ccc4c(c3)CN(C3CCC(=O)NC3=O)C4=O)CC2)CCC(c2ccc(Cl)cc2)=C(CN2CCN(c3ccc(C(=O)NS(=O)(=O)c4ccc(N[C@H](CCN5CCCOCC5)CSc5ccccc5)c(S(=O)(=O)C(F)(F)F)c4)cc3)CC2)C1. The van der Waals surface area contributed by atoms with Crippen LogP contribution in [0.25, 0.3) is 5.57 Å². The number of piperidine rings is 1. The summed E-state index contributed by atoms with van der Waals surface area (Å²) >= 11 is 7.81. The van der Waals surface area contributed by atoms with E-state index in [-0.39, 0.29) is 54.5 Å². The Labute approximate surface area is 562 Å². The number of nitrogens with one attached hydrogen (secondary N) is 3. The van der Waals surface area contributed by atoms with E-state index >= 15 is 0 Å². The molecule has 0 aromatic heterocycles. The third-order valence-electron chi connectivity index (χ3n) is 18.6. The molecule has 4 saturated heterocycles. The van der Waals surface area contributed by atoms with Crippen LogP contribution in [0, 0.1) is 17.3 Å². The lowest BCUT2D eigenvalue weighted by atomic mass is 9.71. The fraction of sp³-hybridized carbons (Fsp3) is 0.435. The second kappa shape index (κ2) is 30.0. The molecule has 504 valence electrons. The summed E-state index contributed by atoms with van der Waals surface area (Å²) in [5, 5.41) is 6.00. The highest BCUT2D eigenvalue weighted by atomic mass is 35.5. The number of hydrogen-bond acceptors (Lipinski definition) is 16. The van der Waals surface area contributed by atoms with Gasteiger partial charge in [-0.2, -0.15) is 13.2 Å². The molecule has 19 nitrogen and oxygen atoms in total. The Balaban J connectivity index is 0.680. The van der Waals surface area contributed by atoms with Gasteiger partial charge in [0.05, 0.1) is 23.6 Å². The molecule has 6 aliphatic rings. The average Bonchev–Trinajstić information content (AvgIpc) is 1.17. The maximum atomic E-state index is 14.4. The molecule has 1 aliphatic carbocycles. The molecule has 0 bridgehead atoms. The second-order valence-electron chi connectivity index (χ2n) is 25.4. The van der Waals surface area contributed by atoms with Gasteiger partial charge in [0.2, 0.25) is 17.7 Å². The van der Waals surface area contributed by atoms with Crippen molar-refractivity contribution >= 4 is 89.7 Å². The number of hydrogen-bond donors (Lipinski definition) is 3. The van der Waals surface area contributed by atoms with E-state index in [1.54, 1.807) is 24.3 Å². The Bertz CT molecular complexity index is 4000. The third kappa shape index (κ3) is 17.1. The van der Waals surface area contributed by atoms with Gasteiger partial charge in [-0.25, -0.2) is 21.6 Å². The summed E-state index contributed by atoms with van der Waals surface area (Å²) in [5.74, 6) is 4.32. The Hall–Kier alpha value is -7.28. The molecule has 3 N–H and O–H groups in total. The van der Waals surface area contributed by atoms with Crippen LogP contribution in [0.5, 0.6) is 0 Å². The Kier molecular flexibility index (Phi) is 21.8.